The maximum absolute atomic E-state index is 9.55. The number of carbonyl (C=O) groups is 2. The Labute approximate surface area is 334 Å². The number of nitrogens with zero attached hydrogens (tertiary/aromatic N) is 2. The summed E-state index contributed by atoms with van der Waals surface area (Å²) in [5.41, 5.74) is 8.30. The minimum absolute atomic E-state index is 0.538. The standard InChI is InChI=1S/C44H46N2O3.C4H4O4/c1-34-42-30-41(49-33-37-14-8-5-9-15-37)24-25-43(42)46(44(34)38-18-22-40(23-19-38)48-32-36-12-6-4-7-13-36)31-35-16-20-39(21-17-35)47-29-28-45-26-10-2-3-11-27-45;5-3(6)1-2-4(7)8/h4-9,12-25,30H,2-3,10-11,26-29,31-33H2,1H3;1-2H,(H,5,6)(H,7,8)/b;2-1+. The zero-order valence-electron chi connectivity index (χ0n) is 32.4. The first-order valence-corrected chi connectivity index (χ1v) is 19.5. The molecule has 1 saturated heterocycles. The van der Waals surface area contributed by atoms with Crippen LogP contribution in [0.3, 0.4) is 0 Å². The van der Waals surface area contributed by atoms with Gasteiger partial charge in [0.25, 0.3) is 0 Å². The van der Waals surface area contributed by atoms with Crippen LogP contribution >= 0.6 is 0 Å². The fourth-order valence-corrected chi connectivity index (χ4v) is 6.99. The summed E-state index contributed by atoms with van der Waals surface area (Å²) >= 11 is 0. The van der Waals surface area contributed by atoms with Crippen molar-refractivity contribution in [2.24, 2.45) is 0 Å². The molecule has 0 aliphatic carbocycles. The average Bonchev–Trinajstić information content (AvgIpc) is 3.35. The Bertz CT molecular complexity index is 2190. The van der Waals surface area contributed by atoms with E-state index in [4.69, 9.17) is 24.4 Å². The van der Waals surface area contributed by atoms with Crippen LogP contribution in [0.4, 0.5) is 0 Å². The van der Waals surface area contributed by atoms with Crippen LogP contribution in [-0.2, 0) is 29.3 Å². The van der Waals surface area contributed by atoms with E-state index in [0.29, 0.717) is 25.4 Å². The molecule has 1 aliphatic heterocycles. The number of aryl methyl sites for hydroxylation is 1. The third-order valence-electron chi connectivity index (χ3n) is 9.92. The number of aliphatic carboxylic acids is 2. The molecule has 9 nitrogen and oxygen atoms in total. The first-order valence-electron chi connectivity index (χ1n) is 19.5. The lowest BCUT2D eigenvalue weighted by Crippen LogP contribution is -2.29. The summed E-state index contributed by atoms with van der Waals surface area (Å²) in [6, 6.07) is 44.2. The third kappa shape index (κ3) is 12.1. The molecule has 1 aliphatic rings. The first kappa shape index (κ1) is 40.3. The van der Waals surface area contributed by atoms with E-state index in [0.717, 1.165) is 53.6 Å². The summed E-state index contributed by atoms with van der Waals surface area (Å²) in [6.07, 6.45) is 6.43. The molecule has 294 valence electrons. The lowest BCUT2D eigenvalue weighted by molar-refractivity contribution is -0.134. The first-order chi connectivity index (χ1) is 27.8. The maximum Gasteiger partial charge on any atom is 0.328 e. The van der Waals surface area contributed by atoms with Crippen molar-refractivity contribution in [1.29, 1.82) is 0 Å². The van der Waals surface area contributed by atoms with Gasteiger partial charge in [-0.15, -0.1) is 0 Å². The molecule has 2 heterocycles. The Hall–Kier alpha value is -6.32. The van der Waals surface area contributed by atoms with E-state index in [9.17, 15) is 9.59 Å². The van der Waals surface area contributed by atoms with Crippen LogP contribution in [0.5, 0.6) is 17.2 Å². The second kappa shape index (κ2) is 20.6. The number of rotatable bonds is 15. The van der Waals surface area contributed by atoms with Gasteiger partial charge >= 0.3 is 11.9 Å². The van der Waals surface area contributed by atoms with E-state index >= 15 is 0 Å². The molecule has 2 N–H and O–H groups in total. The topological polar surface area (TPSA) is 110 Å². The van der Waals surface area contributed by atoms with Crippen molar-refractivity contribution in [3.63, 3.8) is 0 Å². The van der Waals surface area contributed by atoms with Crippen LogP contribution < -0.4 is 14.2 Å². The molecule has 0 radical (unpaired) electrons. The number of aromatic nitrogens is 1. The van der Waals surface area contributed by atoms with Crippen molar-refractivity contribution in [2.45, 2.75) is 52.4 Å². The predicted molar refractivity (Wildman–Crippen MR) is 224 cm³/mol. The van der Waals surface area contributed by atoms with Gasteiger partial charge in [-0.2, -0.15) is 0 Å². The fraction of sp³-hybridized carbons (Fsp3) is 0.250. The highest BCUT2D eigenvalue weighted by atomic mass is 16.5. The van der Waals surface area contributed by atoms with Gasteiger partial charge in [0.05, 0.1) is 5.69 Å². The zero-order valence-corrected chi connectivity index (χ0v) is 32.4. The van der Waals surface area contributed by atoms with Crippen LogP contribution in [0.2, 0.25) is 0 Å². The summed E-state index contributed by atoms with van der Waals surface area (Å²) in [6.45, 7) is 8.15. The second-order valence-electron chi connectivity index (χ2n) is 14.1. The molecule has 9 heteroatoms. The highest BCUT2D eigenvalue weighted by Gasteiger charge is 2.18. The smallest absolute Gasteiger partial charge is 0.328 e. The van der Waals surface area contributed by atoms with Crippen molar-refractivity contribution < 1.29 is 34.0 Å². The number of carboxylic acid groups (broad SMARTS) is 2. The van der Waals surface area contributed by atoms with Gasteiger partial charge in [-0.1, -0.05) is 85.6 Å². The Morgan fingerprint density at radius 2 is 1.14 bits per heavy atom. The highest BCUT2D eigenvalue weighted by Crippen LogP contribution is 2.37. The number of carboxylic acids is 2. The summed E-state index contributed by atoms with van der Waals surface area (Å²) in [5, 5.41) is 16.8. The van der Waals surface area contributed by atoms with Gasteiger partial charge in [0.1, 0.15) is 37.1 Å². The lowest BCUT2D eigenvalue weighted by atomic mass is 10.1. The van der Waals surface area contributed by atoms with Gasteiger partial charge in [0.15, 0.2) is 0 Å². The van der Waals surface area contributed by atoms with Crippen molar-refractivity contribution >= 4 is 22.8 Å². The normalized spacial score (nSPS) is 13.1. The summed E-state index contributed by atoms with van der Waals surface area (Å²) in [5.74, 6) is 0.142. The molecular formula is C48H50N2O7. The van der Waals surface area contributed by atoms with E-state index < -0.39 is 11.9 Å². The van der Waals surface area contributed by atoms with Gasteiger partial charge in [-0.25, -0.2) is 9.59 Å². The highest BCUT2D eigenvalue weighted by molar-refractivity contribution is 5.93. The molecule has 7 rings (SSSR count). The molecule has 0 spiro atoms. The van der Waals surface area contributed by atoms with Crippen molar-refractivity contribution in [3.05, 3.63) is 162 Å². The maximum atomic E-state index is 9.55. The minimum atomic E-state index is -1.26. The van der Waals surface area contributed by atoms with Crippen LogP contribution in [-0.4, -0.2) is 57.9 Å². The largest absolute Gasteiger partial charge is 0.492 e. The lowest BCUT2D eigenvalue weighted by Gasteiger charge is -2.19. The van der Waals surface area contributed by atoms with E-state index in [-0.39, 0.29) is 0 Å². The summed E-state index contributed by atoms with van der Waals surface area (Å²) in [4.78, 5) is 21.7. The molecule has 0 unspecified atom stereocenters. The number of likely N-dealkylation sites (tertiary alicyclic amines) is 1. The van der Waals surface area contributed by atoms with Crippen molar-refractivity contribution in [1.82, 2.24) is 9.47 Å². The molecule has 0 amide bonds. The molecule has 0 bridgehead atoms. The molecule has 1 aromatic heterocycles. The fourth-order valence-electron chi connectivity index (χ4n) is 6.99. The monoisotopic (exact) mass is 766 g/mol. The third-order valence-corrected chi connectivity index (χ3v) is 9.92. The number of ether oxygens (including phenoxy) is 3. The summed E-state index contributed by atoms with van der Waals surface area (Å²) < 4.78 is 21.0. The minimum Gasteiger partial charge on any atom is -0.492 e. The van der Waals surface area contributed by atoms with Gasteiger partial charge < -0.3 is 29.0 Å². The SMILES string of the molecule is Cc1c(-c2ccc(OCc3ccccc3)cc2)n(Cc2ccc(OCCN3CCCCCC3)cc2)c2ccc(OCc3ccccc3)cc12.O=C(O)/C=C/C(=O)O. The average molecular weight is 767 g/mol. The second-order valence-corrected chi connectivity index (χ2v) is 14.1. The number of benzene rings is 5. The number of hydrogen-bond donors (Lipinski definition) is 2. The van der Waals surface area contributed by atoms with Gasteiger partial charge in [0.2, 0.25) is 0 Å². The van der Waals surface area contributed by atoms with Crippen LogP contribution in [0.1, 0.15) is 47.9 Å². The predicted octanol–water partition coefficient (Wildman–Crippen LogP) is 9.79. The van der Waals surface area contributed by atoms with E-state index in [2.05, 4.69) is 107 Å². The Morgan fingerprint density at radius 3 is 1.72 bits per heavy atom. The molecule has 1 fully saturated rings. The molecule has 5 aromatic carbocycles. The van der Waals surface area contributed by atoms with Gasteiger partial charge in [0, 0.05) is 36.1 Å². The molecule has 0 atom stereocenters. The van der Waals surface area contributed by atoms with Crippen LogP contribution in [0.15, 0.2) is 140 Å². The quantitative estimate of drug-likeness (QED) is 0.0995. The summed E-state index contributed by atoms with van der Waals surface area (Å²) in [7, 11) is 0. The van der Waals surface area contributed by atoms with E-state index in [1.54, 1.807) is 0 Å². The van der Waals surface area contributed by atoms with E-state index in [1.807, 2.05) is 36.4 Å². The number of fused-ring (bicyclic) bond motifs is 1. The van der Waals surface area contributed by atoms with Crippen LogP contribution in [0, 0.1) is 6.92 Å². The van der Waals surface area contributed by atoms with E-state index in [1.165, 1.54) is 66.5 Å². The Morgan fingerprint density at radius 1 is 0.614 bits per heavy atom. The van der Waals surface area contributed by atoms with Gasteiger partial charge in [-0.05, 0) is 115 Å². The molecule has 6 aromatic rings. The van der Waals surface area contributed by atoms with Crippen molar-refractivity contribution in [3.8, 4) is 28.5 Å². The zero-order chi connectivity index (χ0) is 39.8. The molecular weight excluding hydrogens is 717 g/mol. The molecule has 0 saturated carbocycles. The Balaban J connectivity index is 0.000000622. The van der Waals surface area contributed by atoms with Crippen molar-refractivity contribution in [2.75, 3.05) is 26.2 Å². The Kier molecular flexibility index (Phi) is 14.5. The molecule has 57 heavy (non-hydrogen) atoms. The van der Waals surface area contributed by atoms with Gasteiger partial charge in [-0.3, -0.25) is 4.90 Å². The van der Waals surface area contributed by atoms with Crippen LogP contribution in [0.25, 0.3) is 22.2 Å². The number of hydrogen-bond acceptors (Lipinski definition) is 6.